The van der Waals surface area contributed by atoms with E-state index in [2.05, 4.69) is 39.6 Å². The highest BCUT2D eigenvalue weighted by molar-refractivity contribution is 6.03. The van der Waals surface area contributed by atoms with Crippen LogP contribution in [0.5, 0.6) is 0 Å². The number of rotatable bonds is 8. The van der Waals surface area contributed by atoms with Crippen LogP contribution in [0.25, 0.3) is 0 Å². The molecule has 7 heteroatoms. The molecule has 2 aromatic rings. The average molecular weight is 383 g/mol. The minimum Gasteiger partial charge on any atom is -0.379 e. The lowest BCUT2D eigenvalue weighted by Crippen LogP contribution is -2.39. The number of amides is 1. The molecule has 2 heterocycles. The summed E-state index contributed by atoms with van der Waals surface area (Å²) in [6.07, 6.45) is 1.72. The molecule has 0 unspecified atom stereocenters. The maximum Gasteiger partial charge on any atom is 0.276 e. The number of para-hydroxylation sites is 1. The fourth-order valence-electron chi connectivity index (χ4n) is 3.30. The molecule has 1 saturated heterocycles. The molecule has 0 bridgehead atoms. The Bertz CT molecular complexity index is 751. The first-order chi connectivity index (χ1) is 13.7. The van der Waals surface area contributed by atoms with Crippen LogP contribution in [0.3, 0.4) is 0 Å². The summed E-state index contributed by atoms with van der Waals surface area (Å²) in [6.45, 7) is 9.40. The maximum atomic E-state index is 12.6. The molecule has 0 spiro atoms. The van der Waals surface area contributed by atoms with E-state index in [0.717, 1.165) is 69.0 Å². The fraction of sp³-hybridized carbons (Fsp3) is 0.476. The first kappa shape index (κ1) is 20.2. The zero-order chi connectivity index (χ0) is 19.8. The second-order valence-electron chi connectivity index (χ2n) is 6.80. The lowest BCUT2D eigenvalue weighted by molar-refractivity contribution is 0.0398. The minimum absolute atomic E-state index is 0.233. The third-order valence-corrected chi connectivity index (χ3v) is 4.97. The molecule has 0 radical (unpaired) electrons. The van der Waals surface area contributed by atoms with Crippen LogP contribution >= 0.6 is 0 Å². The topological polar surface area (TPSA) is 79.4 Å². The van der Waals surface area contributed by atoms with Crippen molar-refractivity contribution < 1.29 is 9.53 Å². The average Bonchev–Trinajstić information content (AvgIpc) is 2.75. The van der Waals surface area contributed by atoms with Crippen LogP contribution in [0.1, 0.15) is 35.5 Å². The van der Waals surface area contributed by atoms with Crippen LogP contribution in [0.4, 0.5) is 11.5 Å². The normalized spacial score (nSPS) is 14.6. The number of carbonyl (C=O) groups excluding carboxylic acids is 1. The van der Waals surface area contributed by atoms with Crippen molar-refractivity contribution >= 4 is 17.4 Å². The van der Waals surface area contributed by atoms with Crippen molar-refractivity contribution in [2.45, 2.75) is 26.7 Å². The van der Waals surface area contributed by atoms with E-state index >= 15 is 0 Å². The van der Waals surface area contributed by atoms with E-state index in [1.165, 1.54) is 0 Å². The van der Waals surface area contributed by atoms with E-state index in [1.54, 1.807) is 12.1 Å². The molecule has 3 rings (SSSR count). The molecule has 2 N–H and O–H groups in total. The SMILES string of the molecule is CCc1cccc(CC)c1NC(=O)c1ccc(NCCN2CCOCC2)nn1. The van der Waals surface area contributed by atoms with Gasteiger partial charge < -0.3 is 15.4 Å². The number of benzene rings is 1. The Morgan fingerprint density at radius 1 is 1.07 bits per heavy atom. The Labute approximate surface area is 166 Å². The predicted octanol–water partition coefficient (Wildman–Crippen LogP) is 2.60. The van der Waals surface area contributed by atoms with Gasteiger partial charge in [-0.2, -0.15) is 0 Å². The number of nitrogens with one attached hydrogen (secondary N) is 2. The molecule has 0 aliphatic carbocycles. The summed E-state index contributed by atoms with van der Waals surface area (Å²) in [4.78, 5) is 15.0. The number of ether oxygens (including phenoxy) is 1. The highest BCUT2D eigenvalue weighted by Crippen LogP contribution is 2.23. The standard InChI is InChI=1S/C21H29N5O2/c1-3-16-6-5-7-17(4-2)20(16)23-21(27)18-8-9-19(25-24-18)22-10-11-26-12-14-28-15-13-26/h5-9H,3-4,10-15H2,1-2H3,(H,22,25)(H,23,27). The summed E-state index contributed by atoms with van der Waals surface area (Å²) in [5, 5.41) is 14.5. The largest absolute Gasteiger partial charge is 0.379 e. The molecule has 1 amide bonds. The van der Waals surface area contributed by atoms with Crippen LogP contribution in [0, 0.1) is 0 Å². The first-order valence-electron chi connectivity index (χ1n) is 10.0. The Balaban J connectivity index is 1.56. The van der Waals surface area contributed by atoms with E-state index in [0.29, 0.717) is 11.5 Å². The summed E-state index contributed by atoms with van der Waals surface area (Å²) in [5.74, 6) is 0.441. The van der Waals surface area contributed by atoms with Crippen LogP contribution in [-0.2, 0) is 17.6 Å². The number of nitrogens with zero attached hydrogens (tertiary/aromatic N) is 3. The zero-order valence-electron chi connectivity index (χ0n) is 16.7. The van der Waals surface area contributed by atoms with E-state index in [9.17, 15) is 4.79 Å². The number of anilines is 2. The summed E-state index contributed by atoms with van der Waals surface area (Å²) in [7, 11) is 0. The number of morpholine rings is 1. The second-order valence-corrected chi connectivity index (χ2v) is 6.80. The van der Waals surface area contributed by atoms with Gasteiger partial charge >= 0.3 is 0 Å². The molecule has 28 heavy (non-hydrogen) atoms. The van der Waals surface area contributed by atoms with Gasteiger partial charge in [-0.15, -0.1) is 10.2 Å². The highest BCUT2D eigenvalue weighted by Gasteiger charge is 2.14. The maximum absolute atomic E-state index is 12.6. The molecule has 7 nitrogen and oxygen atoms in total. The van der Waals surface area contributed by atoms with E-state index < -0.39 is 0 Å². The summed E-state index contributed by atoms with van der Waals surface area (Å²) in [5.41, 5.74) is 3.46. The van der Waals surface area contributed by atoms with E-state index in [4.69, 9.17) is 4.74 Å². The molecule has 1 fully saturated rings. The predicted molar refractivity (Wildman–Crippen MR) is 111 cm³/mol. The van der Waals surface area contributed by atoms with Gasteiger partial charge in [-0.25, -0.2) is 0 Å². The highest BCUT2D eigenvalue weighted by atomic mass is 16.5. The van der Waals surface area contributed by atoms with Crippen molar-refractivity contribution in [3.63, 3.8) is 0 Å². The first-order valence-corrected chi connectivity index (χ1v) is 10.0. The van der Waals surface area contributed by atoms with Crippen molar-refractivity contribution in [3.05, 3.63) is 47.2 Å². The minimum atomic E-state index is -0.233. The number of aryl methyl sites for hydroxylation is 2. The Hall–Kier alpha value is -2.51. The summed E-state index contributed by atoms with van der Waals surface area (Å²) in [6, 6.07) is 9.63. The smallest absolute Gasteiger partial charge is 0.276 e. The zero-order valence-corrected chi connectivity index (χ0v) is 16.7. The van der Waals surface area contributed by atoms with Crippen molar-refractivity contribution in [3.8, 4) is 0 Å². The van der Waals surface area contributed by atoms with Gasteiger partial charge in [-0.05, 0) is 36.1 Å². The molecule has 1 aromatic heterocycles. The van der Waals surface area contributed by atoms with Gasteiger partial charge in [0.15, 0.2) is 5.69 Å². The molecule has 1 aliphatic heterocycles. The lowest BCUT2D eigenvalue weighted by Gasteiger charge is -2.26. The van der Waals surface area contributed by atoms with Crippen molar-refractivity contribution in [2.24, 2.45) is 0 Å². The Morgan fingerprint density at radius 2 is 1.79 bits per heavy atom. The van der Waals surface area contributed by atoms with Gasteiger partial charge in [0.05, 0.1) is 13.2 Å². The van der Waals surface area contributed by atoms with Gasteiger partial charge in [-0.1, -0.05) is 32.0 Å². The monoisotopic (exact) mass is 383 g/mol. The van der Waals surface area contributed by atoms with Crippen molar-refractivity contribution in [1.29, 1.82) is 0 Å². The molecular weight excluding hydrogens is 354 g/mol. The molecule has 1 aliphatic rings. The van der Waals surface area contributed by atoms with Gasteiger partial charge in [0.2, 0.25) is 0 Å². The van der Waals surface area contributed by atoms with Crippen LogP contribution < -0.4 is 10.6 Å². The van der Waals surface area contributed by atoms with Gasteiger partial charge in [0.25, 0.3) is 5.91 Å². The Morgan fingerprint density at radius 3 is 2.39 bits per heavy atom. The third-order valence-electron chi connectivity index (χ3n) is 4.97. The number of aromatic nitrogens is 2. The fourth-order valence-corrected chi connectivity index (χ4v) is 3.30. The van der Waals surface area contributed by atoms with Crippen LogP contribution in [-0.4, -0.2) is 60.4 Å². The number of carbonyl (C=O) groups is 1. The van der Waals surface area contributed by atoms with Crippen LogP contribution in [0.15, 0.2) is 30.3 Å². The molecular formula is C21H29N5O2. The van der Waals surface area contributed by atoms with Gasteiger partial charge in [0, 0.05) is 31.9 Å². The molecule has 0 atom stereocenters. The van der Waals surface area contributed by atoms with Crippen molar-refractivity contribution in [1.82, 2.24) is 15.1 Å². The number of hydrogen-bond acceptors (Lipinski definition) is 6. The quantitative estimate of drug-likeness (QED) is 0.729. The molecule has 1 aromatic carbocycles. The third kappa shape index (κ3) is 5.27. The lowest BCUT2D eigenvalue weighted by atomic mass is 10.0. The van der Waals surface area contributed by atoms with Crippen LogP contribution in [0.2, 0.25) is 0 Å². The van der Waals surface area contributed by atoms with Gasteiger partial charge in [0.1, 0.15) is 5.82 Å². The van der Waals surface area contributed by atoms with Gasteiger partial charge in [-0.3, -0.25) is 9.69 Å². The van der Waals surface area contributed by atoms with Crippen molar-refractivity contribution in [2.75, 3.05) is 50.0 Å². The summed E-state index contributed by atoms with van der Waals surface area (Å²) >= 11 is 0. The Kier molecular flexibility index (Phi) is 7.33. The molecule has 0 saturated carbocycles. The van der Waals surface area contributed by atoms with E-state index in [-0.39, 0.29) is 5.91 Å². The summed E-state index contributed by atoms with van der Waals surface area (Å²) < 4.78 is 5.35. The van der Waals surface area contributed by atoms with E-state index in [1.807, 2.05) is 18.2 Å². The molecule has 150 valence electrons. The number of hydrogen-bond donors (Lipinski definition) is 2. The second kappa shape index (κ2) is 10.1.